The lowest BCUT2D eigenvalue weighted by atomic mass is 10.2. The van der Waals surface area contributed by atoms with E-state index in [0.29, 0.717) is 0 Å². The number of hydrogen-bond acceptors (Lipinski definition) is 1. The molecule has 0 aromatic carbocycles. The molecule has 0 unspecified atom stereocenters. The Bertz CT molecular complexity index is 165. The predicted molar refractivity (Wildman–Crippen MR) is 42.0 cm³/mol. The van der Waals surface area contributed by atoms with E-state index in [1.165, 1.54) is 0 Å². The van der Waals surface area contributed by atoms with Gasteiger partial charge >= 0.3 is 0 Å². The van der Waals surface area contributed by atoms with Crippen molar-refractivity contribution < 1.29 is 0 Å². The largest absolute Gasteiger partial charge is 0.0845 e. The van der Waals surface area contributed by atoms with Crippen molar-refractivity contribution >= 4 is 29.7 Å². The first-order valence-corrected chi connectivity index (χ1v) is 3.18. The molecule has 2 heteroatoms. The highest BCUT2D eigenvalue weighted by molar-refractivity contribution is 7.85. The molecule has 0 amide bonds. The fourth-order valence-electron chi connectivity index (χ4n) is 0.552. The van der Waals surface area contributed by atoms with Crippen LogP contribution in [-0.4, -0.2) is 4.86 Å². The van der Waals surface area contributed by atoms with Crippen LogP contribution in [0.3, 0.4) is 0 Å². The van der Waals surface area contributed by atoms with Crippen molar-refractivity contribution in [3.8, 4) is 0 Å². The molecule has 1 radical (unpaired) electrons. The molecule has 0 aromatic heterocycles. The minimum atomic E-state index is 0.793. The van der Waals surface area contributed by atoms with Gasteiger partial charge in [0.15, 0.2) is 0 Å². The van der Waals surface area contributed by atoms with Gasteiger partial charge in [0.2, 0.25) is 0 Å². The molecule has 0 aliphatic heterocycles. The Morgan fingerprint density at radius 2 is 2.25 bits per heavy atom. The van der Waals surface area contributed by atoms with Crippen molar-refractivity contribution in [2.75, 3.05) is 0 Å². The fourth-order valence-corrected chi connectivity index (χ4v) is 1.11. The van der Waals surface area contributed by atoms with Crippen LogP contribution in [0.1, 0.15) is 6.42 Å². The van der Waals surface area contributed by atoms with Crippen LogP contribution in [0.25, 0.3) is 0 Å². The van der Waals surface area contributed by atoms with E-state index < -0.39 is 0 Å². The SMILES string of the molecule is [S]C1=CC=CC(=S)C1. The van der Waals surface area contributed by atoms with Gasteiger partial charge in [0.05, 0.1) is 0 Å². The summed E-state index contributed by atoms with van der Waals surface area (Å²) in [5.41, 5.74) is 0. The molecule has 0 atom stereocenters. The number of allylic oxidation sites excluding steroid dienone is 4. The first-order valence-electron chi connectivity index (χ1n) is 2.36. The van der Waals surface area contributed by atoms with Gasteiger partial charge in [-0.25, -0.2) is 0 Å². The summed E-state index contributed by atoms with van der Waals surface area (Å²) in [6, 6.07) is 0. The van der Waals surface area contributed by atoms with Crippen molar-refractivity contribution in [2.24, 2.45) is 0 Å². The first kappa shape index (κ1) is 5.92. The fraction of sp³-hybridized carbons (Fsp3) is 0.167. The third-order valence-corrected chi connectivity index (χ3v) is 1.47. The standard InChI is InChI=1S/C6H5S2/c7-5-2-1-3-6(8)4-5/h1-3H,4H2. The Kier molecular flexibility index (Phi) is 1.76. The Morgan fingerprint density at radius 3 is 2.62 bits per heavy atom. The van der Waals surface area contributed by atoms with Crippen LogP contribution in [0.15, 0.2) is 23.1 Å². The summed E-state index contributed by atoms with van der Waals surface area (Å²) in [7, 11) is 0. The zero-order valence-electron chi connectivity index (χ0n) is 4.26. The molecule has 0 heterocycles. The lowest BCUT2D eigenvalue weighted by Crippen LogP contribution is -1.91. The van der Waals surface area contributed by atoms with E-state index in [9.17, 15) is 0 Å². The third-order valence-electron chi connectivity index (χ3n) is 0.913. The highest BCUT2D eigenvalue weighted by Gasteiger charge is 1.98. The van der Waals surface area contributed by atoms with Gasteiger partial charge in [-0.05, 0) is 12.2 Å². The normalized spacial score (nSPS) is 18.5. The van der Waals surface area contributed by atoms with Crippen LogP contribution in [0.2, 0.25) is 0 Å². The van der Waals surface area contributed by atoms with E-state index in [0.717, 1.165) is 16.2 Å². The average molecular weight is 141 g/mol. The molecule has 0 spiro atoms. The summed E-state index contributed by atoms with van der Waals surface area (Å²) >= 11 is 9.78. The van der Waals surface area contributed by atoms with Gasteiger partial charge in [0, 0.05) is 16.2 Å². The Balaban J connectivity index is 2.73. The van der Waals surface area contributed by atoms with Crippen molar-refractivity contribution in [3.05, 3.63) is 23.1 Å². The van der Waals surface area contributed by atoms with Crippen molar-refractivity contribution in [3.63, 3.8) is 0 Å². The predicted octanol–water partition coefficient (Wildman–Crippen LogP) is 2.40. The maximum atomic E-state index is 4.89. The summed E-state index contributed by atoms with van der Waals surface area (Å²) in [5.74, 6) is 0. The lowest BCUT2D eigenvalue weighted by molar-refractivity contribution is 1.47. The van der Waals surface area contributed by atoms with Crippen molar-refractivity contribution in [1.82, 2.24) is 0 Å². The zero-order chi connectivity index (χ0) is 5.98. The molecule has 0 N–H and O–H groups in total. The van der Waals surface area contributed by atoms with Crippen molar-refractivity contribution in [2.45, 2.75) is 6.42 Å². The molecule has 0 aromatic rings. The van der Waals surface area contributed by atoms with Crippen molar-refractivity contribution in [1.29, 1.82) is 0 Å². The minimum Gasteiger partial charge on any atom is -0.0845 e. The molecule has 0 nitrogen and oxygen atoms in total. The lowest BCUT2D eigenvalue weighted by Gasteiger charge is -1.99. The van der Waals surface area contributed by atoms with Gasteiger partial charge in [-0.1, -0.05) is 30.9 Å². The highest BCUT2D eigenvalue weighted by Crippen LogP contribution is 2.12. The van der Waals surface area contributed by atoms with Gasteiger partial charge in [-0.2, -0.15) is 0 Å². The second-order valence-electron chi connectivity index (χ2n) is 1.64. The monoisotopic (exact) mass is 141 g/mol. The van der Waals surface area contributed by atoms with E-state index in [-0.39, 0.29) is 0 Å². The summed E-state index contributed by atoms with van der Waals surface area (Å²) in [6.07, 6.45) is 6.51. The molecular formula is C6H5S2. The smallest absolute Gasteiger partial charge is 0.0204 e. The third kappa shape index (κ3) is 1.39. The van der Waals surface area contributed by atoms with E-state index in [1.54, 1.807) is 0 Å². The molecule has 1 aliphatic carbocycles. The molecule has 0 saturated carbocycles. The zero-order valence-corrected chi connectivity index (χ0v) is 5.89. The second-order valence-corrected chi connectivity index (χ2v) is 2.68. The molecule has 0 saturated heterocycles. The summed E-state index contributed by atoms with van der Waals surface area (Å²) in [6.45, 7) is 0. The topological polar surface area (TPSA) is 0 Å². The van der Waals surface area contributed by atoms with E-state index in [4.69, 9.17) is 24.8 Å². The minimum absolute atomic E-state index is 0.793. The van der Waals surface area contributed by atoms with Crippen LogP contribution in [0.5, 0.6) is 0 Å². The van der Waals surface area contributed by atoms with Gasteiger partial charge < -0.3 is 0 Å². The highest BCUT2D eigenvalue weighted by atomic mass is 32.1. The number of hydrogen-bond donors (Lipinski definition) is 0. The molecule has 1 rings (SSSR count). The Labute approximate surface area is 59.7 Å². The van der Waals surface area contributed by atoms with Gasteiger partial charge in [-0.15, -0.1) is 0 Å². The van der Waals surface area contributed by atoms with Gasteiger partial charge in [0.25, 0.3) is 0 Å². The molecular weight excluding hydrogens is 136 g/mol. The second kappa shape index (κ2) is 2.37. The molecule has 0 fully saturated rings. The molecule has 41 valence electrons. The van der Waals surface area contributed by atoms with Crippen LogP contribution in [0.4, 0.5) is 0 Å². The quantitative estimate of drug-likeness (QED) is 0.467. The number of rotatable bonds is 0. The van der Waals surface area contributed by atoms with Crippen LogP contribution in [-0.2, 0) is 0 Å². The van der Waals surface area contributed by atoms with Crippen LogP contribution in [0, 0.1) is 0 Å². The van der Waals surface area contributed by atoms with E-state index in [2.05, 4.69) is 0 Å². The Morgan fingerprint density at radius 1 is 1.50 bits per heavy atom. The van der Waals surface area contributed by atoms with Crippen LogP contribution < -0.4 is 0 Å². The molecule has 8 heavy (non-hydrogen) atoms. The van der Waals surface area contributed by atoms with E-state index >= 15 is 0 Å². The first-order chi connectivity index (χ1) is 3.79. The Hall–Kier alpha value is -0.210. The van der Waals surface area contributed by atoms with Crippen LogP contribution >= 0.6 is 24.8 Å². The maximum absolute atomic E-state index is 4.89. The van der Waals surface area contributed by atoms with Gasteiger partial charge in [-0.3, -0.25) is 0 Å². The average Bonchev–Trinajstić information content (AvgIpc) is 1.64. The molecule has 0 bridgehead atoms. The van der Waals surface area contributed by atoms with E-state index in [1.807, 2.05) is 18.2 Å². The number of thiocarbonyl (C=S) groups is 1. The summed E-state index contributed by atoms with van der Waals surface area (Å²) < 4.78 is 0. The van der Waals surface area contributed by atoms with Gasteiger partial charge in [0.1, 0.15) is 0 Å². The maximum Gasteiger partial charge on any atom is 0.0204 e. The summed E-state index contributed by atoms with van der Waals surface area (Å²) in [5, 5.41) is 0. The molecule has 1 aliphatic rings. The summed E-state index contributed by atoms with van der Waals surface area (Å²) in [4.78, 5) is 1.88.